The van der Waals surface area contributed by atoms with E-state index in [4.69, 9.17) is 16.3 Å². The second-order valence-electron chi connectivity index (χ2n) is 6.37. The Hall–Kier alpha value is -1.44. The number of nitrogens with zero attached hydrogens (tertiary/aromatic N) is 1. The van der Waals surface area contributed by atoms with Gasteiger partial charge >= 0.3 is 0 Å². The number of benzene rings is 2. The molecule has 0 unspecified atom stereocenters. The lowest BCUT2D eigenvalue weighted by Gasteiger charge is -2.38. The molecule has 5 nitrogen and oxygen atoms in total. The highest BCUT2D eigenvalue weighted by Crippen LogP contribution is 2.27. The maximum Gasteiger partial charge on any atom is 0.240 e. The molecule has 7 heteroatoms. The SMILES string of the molecule is C[C@@H](NS(=O)(=O)c1cccc(Cl)c1)[C@H](c1ccccc1)N1CCOCC1. The summed E-state index contributed by atoms with van der Waals surface area (Å²) in [6.07, 6.45) is 0. The van der Waals surface area contributed by atoms with Crippen LogP contribution in [0.4, 0.5) is 0 Å². The Balaban J connectivity index is 1.86. The molecule has 0 bridgehead atoms. The van der Waals surface area contributed by atoms with Crippen LogP contribution in [-0.4, -0.2) is 45.7 Å². The first-order valence-corrected chi connectivity index (χ1v) is 10.5. The summed E-state index contributed by atoms with van der Waals surface area (Å²) < 4.78 is 33.9. The van der Waals surface area contributed by atoms with Crippen LogP contribution >= 0.6 is 11.6 Å². The number of hydrogen-bond donors (Lipinski definition) is 1. The standard InChI is InChI=1S/C19H23ClN2O3S/c1-15(21-26(23,24)18-9-5-8-17(20)14-18)19(16-6-3-2-4-7-16)22-10-12-25-13-11-22/h2-9,14-15,19,21H,10-13H2,1H3/t15-,19-/m1/s1. The molecule has 1 N–H and O–H groups in total. The molecule has 2 atom stereocenters. The second kappa shape index (κ2) is 8.50. The predicted molar refractivity (Wildman–Crippen MR) is 103 cm³/mol. The molecule has 2 aromatic rings. The summed E-state index contributed by atoms with van der Waals surface area (Å²) in [4.78, 5) is 2.44. The van der Waals surface area contributed by atoms with Crippen LogP contribution in [0, 0.1) is 0 Å². The van der Waals surface area contributed by atoms with Crippen molar-refractivity contribution in [1.29, 1.82) is 0 Å². The molecule has 1 aliphatic rings. The number of sulfonamides is 1. The average Bonchev–Trinajstić information content (AvgIpc) is 2.63. The van der Waals surface area contributed by atoms with Gasteiger partial charge in [-0.05, 0) is 30.7 Å². The van der Waals surface area contributed by atoms with E-state index in [2.05, 4.69) is 9.62 Å². The van der Waals surface area contributed by atoms with Crippen LogP contribution in [-0.2, 0) is 14.8 Å². The molecule has 1 aliphatic heterocycles. The maximum absolute atomic E-state index is 12.8. The van der Waals surface area contributed by atoms with E-state index in [9.17, 15) is 8.42 Å². The minimum Gasteiger partial charge on any atom is -0.379 e. The van der Waals surface area contributed by atoms with Gasteiger partial charge in [-0.3, -0.25) is 4.90 Å². The van der Waals surface area contributed by atoms with E-state index in [-0.39, 0.29) is 17.0 Å². The van der Waals surface area contributed by atoms with Crippen LogP contribution in [0.3, 0.4) is 0 Å². The monoisotopic (exact) mass is 394 g/mol. The van der Waals surface area contributed by atoms with Gasteiger partial charge in [0.1, 0.15) is 0 Å². The summed E-state index contributed by atoms with van der Waals surface area (Å²) >= 11 is 5.95. The van der Waals surface area contributed by atoms with Crippen molar-refractivity contribution in [3.8, 4) is 0 Å². The zero-order chi connectivity index (χ0) is 18.6. The first kappa shape index (κ1) is 19.3. The van der Waals surface area contributed by atoms with Gasteiger partial charge in [0.15, 0.2) is 0 Å². The molecule has 0 radical (unpaired) electrons. The van der Waals surface area contributed by atoms with Crippen LogP contribution in [0.2, 0.25) is 5.02 Å². The van der Waals surface area contributed by atoms with Gasteiger partial charge < -0.3 is 4.74 Å². The van der Waals surface area contributed by atoms with Crippen LogP contribution in [0.25, 0.3) is 0 Å². The molecule has 140 valence electrons. The van der Waals surface area contributed by atoms with E-state index in [0.29, 0.717) is 18.2 Å². The molecule has 26 heavy (non-hydrogen) atoms. The number of ether oxygens (including phenoxy) is 1. The Morgan fingerprint density at radius 2 is 1.77 bits per heavy atom. The molecule has 0 spiro atoms. The summed E-state index contributed by atoms with van der Waals surface area (Å²) in [6.45, 7) is 4.73. The number of rotatable bonds is 6. The van der Waals surface area contributed by atoms with Crippen molar-refractivity contribution in [3.63, 3.8) is 0 Å². The van der Waals surface area contributed by atoms with Crippen molar-refractivity contribution in [2.24, 2.45) is 0 Å². The fourth-order valence-corrected chi connectivity index (χ4v) is 4.88. The molecule has 1 fully saturated rings. The summed E-state index contributed by atoms with van der Waals surface area (Å²) in [5.74, 6) is 0. The van der Waals surface area contributed by atoms with Crippen molar-refractivity contribution in [1.82, 2.24) is 9.62 Å². The number of halogens is 1. The van der Waals surface area contributed by atoms with Crippen molar-refractivity contribution in [2.45, 2.75) is 23.9 Å². The van der Waals surface area contributed by atoms with Crippen LogP contribution < -0.4 is 4.72 Å². The van der Waals surface area contributed by atoms with Crippen LogP contribution in [0.5, 0.6) is 0 Å². The molecule has 2 aromatic carbocycles. The maximum atomic E-state index is 12.8. The number of morpholine rings is 1. The van der Waals surface area contributed by atoms with E-state index in [1.165, 1.54) is 6.07 Å². The minimum atomic E-state index is -3.67. The topological polar surface area (TPSA) is 58.6 Å². The van der Waals surface area contributed by atoms with Gasteiger partial charge in [-0.1, -0.05) is 48.0 Å². The third-order valence-electron chi connectivity index (χ3n) is 4.50. The lowest BCUT2D eigenvalue weighted by molar-refractivity contribution is 0.0105. The van der Waals surface area contributed by atoms with Gasteiger partial charge in [-0.15, -0.1) is 0 Å². The molecular weight excluding hydrogens is 372 g/mol. The molecule has 3 rings (SSSR count). The molecule has 0 aliphatic carbocycles. The third kappa shape index (κ3) is 4.64. The van der Waals surface area contributed by atoms with Crippen molar-refractivity contribution >= 4 is 21.6 Å². The normalized spacial score (nSPS) is 18.4. The summed E-state index contributed by atoms with van der Waals surface area (Å²) in [7, 11) is -3.67. The Morgan fingerprint density at radius 1 is 1.08 bits per heavy atom. The fourth-order valence-electron chi connectivity index (χ4n) is 3.33. The Morgan fingerprint density at radius 3 is 2.42 bits per heavy atom. The molecule has 1 heterocycles. The predicted octanol–water partition coefficient (Wildman–Crippen LogP) is 3.08. The lowest BCUT2D eigenvalue weighted by atomic mass is 9.99. The molecular formula is C19H23ClN2O3S. The molecule has 0 saturated carbocycles. The first-order valence-electron chi connectivity index (χ1n) is 8.62. The van der Waals surface area contributed by atoms with E-state index in [0.717, 1.165) is 18.7 Å². The van der Waals surface area contributed by atoms with E-state index >= 15 is 0 Å². The smallest absolute Gasteiger partial charge is 0.240 e. The second-order valence-corrected chi connectivity index (χ2v) is 8.52. The van der Waals surface area contributed by atoms with Crippen molar-refractivity contribution in [3.05, 3.63) is 65.2 Å². The van der Waals surface area contributed by atoms with Gasteiger partial charge in [0.05, 0.1) is 24.2 Å². The number of hydrogen-bond acceptors (Lipinski definition) is 4. The summed E-state index contributed by atoms with van der Waals surface area (Å²) in [5.41, 5.74) is 1.08. The van der Waals surface area contributed by atoms with Crippen molar-refractivity contribution in [2.75, 3.05) is 26.3 Å². The Kier molecular flexibility index (Phi) is 6.32. The highest BCUT2D eigenvalue weighted by Gasteiger charge is 2.30. The fraction of sp³-hybridized carbons (Fsp3) is 0.368. The summed E-state index contributed by atoms with van der Waals surface area (Å²) in [6, 6.07) is 15.9. The Labute approximate surface area is 160 Å². The van der Waals surface area contributed by atoms with E-state index in [1.54, 1.807) is 18.2 Å². The largest absolute Gasteiger partial charge is 0.379 e. The zero-order valence-corrected chi connectivity index (χ0v) is 16.2. The quantitative estimate of drug-likeness (QED) is 0.818. The molecule has 1 saturated heterocycles. The van der Waals surface area contributed by atoms with Gasteiger partial charge in [0.2, 0.25) is 10.0 Å². The average molecular weight is 395 g/mol. The Bertz CT molecular complexity index is 824. The van der Waals surface area contributed by atoms with Gasteiger partial charge in [0.25, 0.3) is 0 Å². The van der Waals surface area contributed by atoms with E-state index < -0.39 is 10.0 Å². The van der Waals surface area contributed by atoms with Gasteiger partial charge in [-0.2, -0.15) is 0 Å². The highest BCUT2D eigenvalue weighted by atomic mass is 35.5. The van der Waals surface area contributed by atoms with E-state index in [1.807, 2.05) is 37.3 Å². The third-order valence-corrected chi connectivity index (χ3v) is 6.29. The first-order chi connectivity index (χ1) is 12.5. The highest BCUT2D eigenvalue weighted by molar-refractivity contribution is 7.89. The molecule has 0 amide bonds. The van der Waals surface area contributed by atoms with Crippen LogP contribution in [0.1, 0.15) is 18.5 Å². The van der Waals surface area contributed by atoms with Gasteiger partial charge in [0, 0.05) is 24.2 Å². The van der Waals surface area contributed by atoms with Gasteiger partial charge in [-0.25, -0.2) is 13.1 Å². The summed E-state index contributed by atoms with van der Waals surface area (Å²) in [5, 5.41) is 0.397. The number of nitrogens with one attached hydrogen (secondary N) is 1. The molecule has 0 aromatic heterocycles. The minimum absolute atomic E-state index is 0.0749. The lowest BCUT2D eigenvalue weighted by Crippen LogP contribution is -2.48. The van der Waals surface area contributed by atoms with Crippen molar-refractivity contribution < 1.29 is 13.2 Å². The van der Waals surface area contributed by atoms with Crippen LogP contribution in [0.15, 0.2) is 59.5 Å². The zero-order valence-electron chi connectivity index (χ0n) is 14.6.